The number of aliphatic hydroxyl groups is 2. The van der Waals surface area contributed by atoms with Crippen LogP contribution in [0.4, 0.5) is 4.39 Å². The minimum atomic E-state index is -0.925. The van der Waals surface area contributed by atoms with Gasteiger partial charge in [0, 0.05) is 0 Å². The maximum atomic E-state index is 12.5. The largest absolute Gasteiger partial charge is 0.390 e. The van der Waals surface area contributed by atoms with Gasteiger partial charge in [-0.3, -0.25) is 0 Å². The van der Waals surface area contributed by atoms with Crippen LogP contribution in [0.3, 0.4) is 0 Å². The Balaban J connectivity index is 2.77. The highest BCUT2D eigenvalue weighted by molar-refractivity contribution is 5.19. The first-order valence-electron chi connectivity index (χ1n) is 4.26. The molecule has 3 heteroatoms. The highest BCUT2D eigenvalue weighted by Crippen LogP contribution is 2.18. The van der Waals surface area contributed by atoms with Crippen molar-refractivity contribution in [1.82, 2.24) is 0 Å². The summed E-state index contributed by atoms with van der Waals surface area (Å²) in [6, 6.07) is 5.47. The third kappa shape index (κ3) is 2.50. The highest BCUT2D eigenvalue weighted by atomic mass is 19.1. The highest BCUT2D eigenvalue weighted by Gasteiger charge is 2.15. The quantitative estimate of drug-likeness (QED) is 0.749. The van der Waals surface area contributed by atoms with Gasteiger partial charge in [0.1, 0.15) is 11.9 Å². The zero-order valence-electron chi connectivity index (χ0n) is 7.44. The Morgan fingerprint density at radius 1 is 1.23 bits per heavy atom. The predicted octanol–water partition coefficient (Wildman–Crippen LogP) is 1.63. The van der Waals surface area contributed by atoms with Crippen LogP contribution in [0.1, 0.15) is 25.0 Å². The lowest BCUT2D eigenvalue weighted by atomic mass is 10.0. The summed E-state index contributed by atoms with van der Waals surface area (Å²) in [5.41, 5.74) is 0.538. The van der Waals surface area contributed by atoms with E-state index in [0.717, 1.165) is 0 Å². The summed E-state index contributed by atoms with van der Waals surface area (Å²) in [6.45, 7) is 1.78. The van der Waals surface area contributed by atoms with Crippen molar-refractivity contribution in [2.45, 2.75) is 25.6 Å². The molecule has 0 saturated heterocycles. The van der Waals surface area contributed by atoms with Crippen molar-refractivity contribution in [1.29, 1.82) is 0 Å². The molecule has 2 atom stereocenters. The van der Waals surface area contributed by atoms with Gasteiger partial charge >= 0.3 is 0 Å². The zero-order valence-corrected chi connectivity index (χ0v) is 7.44. The van der Waals surface area contributed by atoms with Gasteiger partial charge in [-0.05, 0) is 24.1 Å². The van der Waals surface area contributed by atoms with E-state index in [1.807, 2.05) is 0 Å². The van der Waals surface area contributed by atoms with Gasteiger partial charge in [0.25, 0.3) is 0 Å². The summed E-state index contributed by atoms with van der Waals surface area (Å²) >= 11 is 0. The molecule has 2 N–H and O–H groups in total. The molecule has 0 saturated carbocycles. The van der Waals surface area contributed by atoms with Gasteiger partial charge in [-0.25, -0.2) is 4.39 Å². The van der Waals surface area contributed by atoms with E-state index in [4.69, 9.17) is 0 Å². The minimum Gasteiger partial charge on any atom is -0.390 e. The number of rotatable bonds is 3. The van der Waals surface area contributed by atoms with E-state index in [1.54, 1.807) is 6.92 Å². The lowest BCUT2D eigenvalue weighted by molar-refractivity contribution is 0.0164. The molecular weight excluding hydrogens is 171 g/mol. The molecule has 0 spiro atoms. The Morgan fingerprint density at radius 3 is 2.23 bits per heavy atom. The van der Waals surface area contributed by atoms with Crippen LogP contribution in [-0.4, -0.2) is 16.3 Å². The predicted molar refractivity (Wildman–Crippen MR) is 47.7 cm³/mol. The summed E-state index contributed by atoms with van der Waals surface area (Å²) in [7, 11) is 0. The Bertz CT molecular complexity index is 258. The zero-order chi connectivity index (χ0) is 9.84. The molecule has 72 valence electrons. The third-order valence-electron chi connectivity index (χ3n) is 1.99. The molecule has 0 fully saturated rings. The van der Waals surface area contributed by atoms with Gasteiger partial charge in [-0.15, -0.1) is 0 Å². The fourth-order valence-electron chi connectivity index (χ4n) is 1.11. The first-order valence-corrected chi connectivity index (χ1v) is 4.26. The summed E-state index contributed by atoms with van der Waals surface area (Å²) in [5, 5.41) is 18.8. The van der Waals surface area contributed by atoms with Gasteiger partial charge in [0.2, 0.25) is 0 Å². The van der Waals surface area contributed by atoms with Crippen LogP contribution in [0.25, 0.3) is 0 Å². The van der Waals surface area contributed by atoms with Crippen molar-refractivity contribution in [3.8, 4) is 0 Å². The Hall–Kier alpha value is -0.930. The lowest BCUT2D eigenvalue weighted by Crippen LogP contribution is -2.16. The first kappa shape index (κ1) is 10.2. The molecule has 0 bridgehead atoms. The van der Waals surface area contributed by atoms with E-state index >= 15 is 0 Å². The van der Waals surface area contributed by atoms with Crippen molar-refractivity contribution in [3.05, 3.63) is 35.6 Å². The summed E-state index contributed by atoms with van der Waals surface area (Å²) in [6.07, 6.45) is -1.24. The maximum absolute atomic E-state index is 12.5. The molecule has 0 aromatic heterocycles. The molecule has 0 aliphatic carbocycles. The van der Waals surface area contributed by atoms with E-state index in [-0.39, 0.29) is 5.82 Å². The first-order chi connectivity index (χ1) is 6.15. The SMILES string of the molecule is CC[C@@H](O)[C@H](O)c1ccc(F)cc1. The van der Waals surface area contributed by atoms with Crippen molar-refractivity contribution in [2.75, 3.05) is 0 Å². The average molecular weight is 184 g/mol. The fraction of sp³-hybridized carbons (Fsp3) is 0.400. The fourth-order valence-corrected chi connectivity index (χ4v) is 1.11. The maximum Gasteiger partial charge on any atom is 0.123 e. The molecule has 2 nitrogen and oxygen atoms in total. The van der Waals surface area contributed by atoms with Crippen LogP contribution in [-0.2, 0) is 0 Å². The smallest absolute Gasteiger partial charge is 0.123 e. The molecule has 1 rings (SSSR count). The molecule has 13 heavy (non-hydrogen) atoms. The molecule has 0 amide bonds. The van der Waals surface area contributed by atoms with E-state index in [1.165, 1.54) is 24.3 Å². The van der Waals surface area contributed by atoms with Crippen LogP contribution in [0, 0.1) is 5.82 Å². The molecule has 0 aliphatic heterocycles. The number of benzene rings is 1. The van der Waals surface area contributed by atoms with E-state index in [2.05, 4.69) is 0 Å². The standard InChI is InChI=1S/C10H13FO2/c1-2-9(12)10(13)7-3-5-8(11)6-4-7/h3-6,9-10,12-13H,2H2,1H3/t9-,10-/m1/s1. The van der Waals surface area contributed by atoms with Crippen molar-refractivity contribution < 1.29 is 14.6 Å². The van der Waals surface area contributed by atoms with Crippen LogP contribution >= 0.6 is 0 Å². The minimum absolute atomic E-state index is 0.345. The summed E-state index contributed by atoms with van der Waals surface area (Å²) < 4.78 is 12.5. The summed E-state index contributed by atoms with van der Waals surface area (Å²) in [4.78, 5) is 0. The summed E-state index contributed by atoms with van der Waals surface area (Å²) in [5.74, 6) is -0.345. The molecular formula is C10H13FO2. The number of aliphatic hydroxyl groups excluding tert-OH is 2. The van der Waals surface area contributed by atoms with E-state index < -0.39 is 12.2 Å². The lowest BCUT2D eigenvalue weighted by Gasteiger charge is -2.16. The molecule has 0 radical (unpaired) electrons. The number of hydrogen-bond donors (Lipinski definition) is 2. The Labute approximate surface area is 76.6 Å². The van der Waals surface area contributed by atoms with Gasteiger partial charge in [0.05, 0.1) is 6.10 Å². The molecule has 0 unspecified atom stereocenters. The normalized spacial score (nSPS) is 15.4. The van der Waals surface area contributed by atoms with E-state index in [0.29, 0.717) is 12.0 Å². The van der Waals surface area contributed by atoms with Crippen LogP contribution in [0.15, 0.2) is 24.3 Å². The van der Waals surface area contributed by atoms with Crippen molar-refractivity contribution in [2.24, 2.45) is 0 Å². The van der Waals surface area contributed by atoms with Crippen LogP contribution in [0.5, 0.6) is 0 Å². The van der Waals surface area contributed by atoms with Crippen molar-refractivity contribution in [3.63, 3.8) is 0 Å². The van der Waals surface area contributed by atoms with Crippen molar-refractivity contribution >= 4 is 0 Å². The van der Waals surface area contributed by atoms with Gasteiger partial charge in [0.15, 0.2) is 0 Å². The topological polar surface area (TPSA) is 40.5 Å². The second-order valence-electron chi connectivity index (χ2n) is 2.97. The molecule has 0 aliphatic rings. The Morgan fingerprint density at radius 2 is 1.77 bits per heavy atom. The van der Waals surface area contributed by atoms with Gasteiger partial charge in [-0.2, -0.15) is 0 Å². The third-order valence-corrected chi connectivity index (χ3v) is 1.99. The van der Waals surface area contributed by atoms with Crippen LogP contribution in [0.2, 0.25) is 0 Å². The molecule has 1 aromatic rings. The second kappa shape index (κ2) is 4.35. The monoisotopic (exact) mass is 184 g/mol. The van der Waals surface area contributed by atoms with E-state index in [9.17, 15) is 14.6 Å². The van der Waals surface area contributed by atoms with Gasteiger partial charge < -0.3 is 10.2 Å². The second-order valence-corrected chi connectivity index (χ2v) is 2.97. The average Bonchev–Trinajstić information content (AvgIpc) is 2.17. The molecule has 1 aromatic carbocycles. The van der Waals surface area contributed by atoms with Crippen LogP contribution < -0.4 is 0 Å². The number of hydrogen-bond acceptors (Lipinski definition) is 2. The molecule has 0 heterocycles. The number of halogens is 1. The Kier molecular flexibility index (Phi) is 3.39. The van der Waals surface area contributed by atoms with Gasteiger partial charge in [-0.1, -0.05) is 19.1 Å².